The van der Waals surface area contributed by atoms with Gasteiger partial charge in [-0.05, 0) is 55.0 Å². The van der Waals surface area contributed by atoms with E-state index in [1.807, 2.05) is 54.0 Å². The summed E-state index contributed by atoms with van der Waals surface area (Å²) in [6.45, 7) is 1.59. The normalized spacial score (nSPS) is 11.8. The predicted molar refractivity (Wildman–Crippen MR) is 145 cm³/mol. The number of aromatic nitrogens is 3. The van der Waals surface area contributed by atoms with Crippen LogP contribution in [0.3, 0.4) is 0 Å². The second kappa shape index (κ2) is 12.0. The van der Waals surface area contributed by atoms with E-state index < -0.39 is 5.25 Å². The van der Waals surface area contributed by atoms with E-state index in [4.69, 9.17) is 44.3 Å². The van der Waals surface area contributed by atoms with Crippen molar-refractivity contribution in [3.05, 3.63) is 103 Å². The molecule has 0 N–H and O–H groups in total. The van der Waals surface area contributed by atoms with Gasteiger partial charge in [0.1, 0.15) is 23.4 Å². The number of aryl methyl sites for hydroxylation is 1. The van der Waals surface area contributed by atoms with Crippen LogP contribution in [-0.2, 0) is 6.61 Å². The van der Waals surface area contributed by atoms with Crippen molar-refractivity contribution in [2.45, 2.75) is 23.9 Å². The van der Waals surface area contributed by atoms with Gasteiger partial charge in [-0.1, -0.05) is 64.8 Å². The van der Waals surface area contributed by atoms with Crippen LogP contribution >= 0.6 is 46.6 Å². The molecule has 0 unspecified atom stereocenters. The van der Waals surface area contributed by atoms with Crippen molar-refractivity contribution < 1.29 is 14.4 Å². The average Bonchev–Trinajstić information content (AvgIpc) is 3.23. The minimum Gasteiger partial charge on any atom is -0.497 e. The number of hydrogen-bond donors (Lipinski definition) is 0. The highest BCUT2D eigenvalue weighted by atomic mass is 35.5. The van der Waals surface area contributed by atoms with Crippen LogP contribution in [0, 0.1) is 17.0 Å². The Morgan fingerprint density at radius 2 is 1.70 bits per heavy atom. The first-order valence-electron chi connectivity index (χ1n) is 11.0. The van der Waals surface area contributed by atoms with Crippen molar-refractivity contribution in [3.63, 3.8) is 0 Å². The Balaban J connectivity index is 1.62. The van der Waals surface area contributed by atoms with E-state index in [9.17, 15) is 10.1 Å². The van der Waals surface area contributed by atoms with Crippen LogP contribution in [-0.4, -0.2) is 33.3 Å². The highest BCUT2D eigenvalue weighted by Gasteiger charge is 2.26. The van der Waals surface area contributed by atoms with Gasteiger partial charge in [-0.15, -0.1) is 10.2 Å². The monoisotopic (exact) mass is 578 g/mol. The van der Waals surface area contributed by atoms with Crippen LogP contribution in [0.1, 0.15) is 22.2 Å². The molecule has 0 amide bonds. The Morgan fingerprint density at radius 3 is 2.32 bits per heavy atom. The van der Waals surface area contributed by atoms with Gasteiger partial charge in [0.25, 0.3) is 0 Å². The maximum atomic E-state index is 11.6. The molecule has 1 atom stereocenters. The number of halogens is 3. The zero-order valence-corrected chi connectivity index (χ0v) is 22.8. The second-order valence-electron chi connectivity index (χ2n) is 7.88. The number of methoxy groups -OCH3 is 1. The quantitative estimate of drug-likeness (QED) is 0.111. The Kier molecular flexibility index (Phi) is 8.81. The molecule has 0 spiro atoms. The molecule has 0 saturated heterocycles. The van der Waals surface area contributed by atoms with E-state index in [0.29, 0.717) is 27.3 Å². The number of hydrogen-bond acceptors (Lipinski definition) is 7. The molecule has 4 aromatic rings. The van der Waals surface area contributed by atoms with Crippen molar-refractivity contribution in [1.82, 2.24) is 14.8 Å². The summed E-state index contributed by atoms with van der Waals surface area (Å²) < 4.78 is 12.9. The molecular weight excluding hydrogens is 559 g/mol. The van der Waals surface area contributed by atoms with Crippen molar-refractivity contribution in [2.24, 2.45) is 0 Å². The first-order valence-corrected chi connectivity index (χ1v) is 13.0. The van der Waals surface area contributed by atoms with Gasteiger partial charge in [0.05, 0.1) is 17.2 Å². The molecule has 3 aromatic carbocycles. The van der Waals surface area contributed by atoms with Crippen LogP contribution < -0.4 is 9.47 Å². The van der Waals surface area contributed by atoms with Crippen LogP contribution in [0.15, 0.2) is 65.8 Å². The van der Waals surface area contributed by atoms with Gasteiger partial charge in [-0.25, -0.2) is 0 Å². The van der Waals surface area contributed by atoms with Gasteiger partial charge in [-0.2, -0.15) is 0 Å². The number of rotatable bonds is 10. The summed E-state index contributed by atoms with van der Waals surface area (Å²) in [5.74, 6) is 1.61. The van der Waals surface area contributed by atoms with E-state index in [2.05, 4.69) is 10.2 Å². The van der Waals surface area contributed by atoms with E-state index >= 15 is 0 Å². The topological polar surface area (TPSA) is 92.3 Å². The van der Waals surface area contributed by atoms with Crippen molar-refractivity contribution in [2.75, 3.05) is 13.7 Å². The fraction of sp³-hybridized carbons (Fsp3) is 0.200. The molecule has 0 radical (unpaired) electrons. The summed E-state index contributed by atoms with van der Waals surface area (Å²) in [5, 5.41) is 20.9. The third-order valence-corrected chi connectivity index (χ3v) is 7.52. The molecule has 0 aliphatic carbocycles. The Morgan fingerprint density at radius 1 is 1.03 bits per heavy atom. The van der Waals surface area contributed by atoms with Crippen LogP contribution in [0.4, 0.5) is 0 Å². The summed E-state index contributed by atoms with van der Waals surface area (Å²) >= 11 is 20.4. The molecule has 0 bridgehead atoms. The van der Waals surface area contributed by atoms with E-state index in [1.165, 1.54) is 11.8 Å². The molecule has 0 saturated carbocycles. The number of ether oxygens (including phenoxy) is 2. The summed E-state index contributed by atoms with van der Waals surface area (Å²) in [7, 11) is 1.59. The van der Waals surface area contributed by atoms with Crippen molar-refractivity contribution in [1.29, 1.82) is 0 Å². The molecule has 1 heterocycles. The smallest absolute Gasteiger partial charge is 0.220 e. The number of thioether (sulfide) groups is 1. The number of nitro groups is 1. The van der Waals surface area contributed by atoms with Gasteiger partial charge >= 0.3 is 0 Å². The molecule has 192 valence electrons. The lowest BCUT2D eigenvalue weighted by Gasteiger charge is -2.17. The van der Waals surface area contributed by atoms with Crippen LogP contribution in [0.2, 0.25) is 15.1 Å². The highest BCUT2D eigenvalue weighted by Crippen LogP contribution is 2.42. The molecular formula is C25H21Cl3N4O4S. The first kappa shape index (κ1) is 27.1. The van der Waals surface area contributed by atoms with Gasteiger partial charge in [0, 0.05) is 21.2 Å². The summed E-state index contributed by atoms with van der Waals surface area (Å²) in [5.41, 5.74) is 2.13. The fourth-order valence-corrected chi connectivity index (χ4v) is 5.55. The largest absolute Gasteiger partial charge is 0.497 e. The summed E-state index contributed by atoms with van der Waals surface area (Å²) in [6.07, 6.45) is 0. The van der Waals surface area contributed by atoms with Crippen molar-refractivity contribution in [3.8, 4) is 17.2 Å². The molecule has 12 heteroatoms. The Hall–Kier alpha value is -2.98. The van der Waals surface area contributed by atoms with Gasteiger partial charge in [0.15, 0.2) is 10.9 Å². The van der Waals surface area contributed by atoms with Crippen molar-refractivity contribution >= 4 is 46.6 Å². The minimum atomic E-state index is -0.650. The van der Waals surface area contributed by atoms with E-state index in [-0.39, 0.29) is 33.9 Å². The molecule has 4 rings (SSSR count). The SMILES string of the molecule is COc1ccc(-n2c(C)nnc2S[C@@H](C[N+](=O)[O-])c2cc(Cl)c(OCc3ccccc3Cl)c(Cl)c2)cc1. The maximum absolute atomic E-state index is 11.6. The zero-order chi connectivity index (χ0) is 26.5. The van der Waals surface area contributed by atoms with E-state index in [0.717, 1.165) is 11.3 Å². The third kappa shape index (κ3) is 6.48. The van der Waals surface area contributed by atoms with Crippen LogP contribution in [0.5, 0.6) is 11.5 Å². The molecule has 0 aliphatic heterocycles. The third-order valence-electron chi connectivity index (χ3n) is 5.41. The predicted octanol–water partition coefficient (Wildman–Crippen LogP) is 7.23. The first-order chi connectivity index (χ1) is 17.8. The lowest BCUT2D eigenvalue weighted by molar-refractivity contribution is -0.479. The summed E-state index contributed by atoms with van der Waals surface area (Å²) in [4.78, 5) is 11.2. The molecule has 37 heavy (non-hydrogen) atoms. The standard InChI is InChI=1S/C25H21Cl3N4O4S/c1-15-29-30-25(32(15)18-7-9-19(35-2)10-8-18)37-23(13-31(33)34)17-11-21(27)24(22(28)12-17)36-14-16-5-3-4-6-20(16)26/h3-12,23H,13-14H2,1-2H3/t23-/m0/s1. The molecule has 0 aliphatic rings. The fourth-order valence-electron chi connectivity index (χ4n) is 3.59. The lowest BCUT2D eigenvalue weighted by atomic mass is 10.1. The number of nitrogens with zero attached hydrogens (tertiary/aromatic N) is 4. The second-order valence-corrected chi connectivity index (χ2v) is 10.3. The molecule has 0 fully saturated rings. The minimum absolute atomic E-state index is 0.162. The zero-order valence-electron chi connectivity index (χ0n) is 19.7. The lowest BCUT2D eigenvalue weighted by Crippen LogP contribution is -2.11. The molecule has 8 nitrogen and oxygen atoms in total. The Labute approximate surface area is 232 Å². The van der Waals surface area contributed by atoms with Gasteiger partial charge in [0.2, 0.25) is 6.54 Å². The number of benzene rings is 3. The maximum Gasteiger partial charge on any atom is 0.220 e. The van der Waals surface area contributed by atoms with E-state index in [1.54, 1.807) is 25.3 Å². The Bertz CT molecular complexity index is 1390. The highest BCUT2D eigenvalue weighted by molar-refractivity contribution is 7.99. The average molecular weight is 580 g/mol. The van der Waals surface area contributed by atoms with Gasteiger partial charge in [-0.3, -0.25) is 14.7 Å². The van der Waals surface area contributed by atoms with Gasteiger partial charge < -0.3 is 9.47 Å². The van der Waals surface area contributed by atoms with Crippen LogP contribution in [0.25, 0.3) is 5.69 Å². The summed E-state index contributed by atoms with van der Waals surface area (Å²) in [6, 6.07) is 17.9. The molecule has 1 aromatic heterocycles.